The van der Waals surface area contributed by atoms with E-state index in [2.05, 4.69) is 15.3 Å². The molecule has 0 fully saturated rings. The van der Waals surface area contributed by atoms with Crippen LogP contribution in [0.5, 0.6) is 0 Å². The summed E-state index contributed by atoms with van der Waals surface area (Å²) in [4.78, 5) is 23.9. The quantitative estimate of drug-likeness (QED) is 0.575. The number of benzene rings is 2. The average molecular weight is 322 g/mol. The maximum absolute atomic E-state index is 13.8. The van der Waals surface area contributed by atoms with Crippen LogP contribution >= 0.6 is 0 Å². The molecule has 0 unspecified atom stereocenters. The van der Waals surface area contributed by atoms with E-state index in [1.54, 1.807) is 36.4 Å². The second kappa shape index (κ2) is 5.09. The molecule has 0 spiro atoms. The number of carbonyl (C=O) groups excluding carboxylic acids is 1. The summed E-state index contributed by atoms with van der Waals surface area (Å²) >= 11 is 0. The summed E-state index contributed by atoms with van der Waals surface area (Å²) in [5.41, 5.74) is 1.36. The number of nitrogens with one attached hydrogen (secondary N) is 1. The Morgan fingerprint density at radius 3 is 2.50 bits per heavy atom. The fraction of sp³-hybridized carbons (Fsp3) is 0.0588. The predicted octanol–water partition coefficient (Wildman–Crippen LogP) is 2.60. The van der Waals surface area contributed by atoms with Crippen molar-refractivity contribution in [1.29, 1.82) is 0 Å². The number of hydrogen-bond donors (Lipinski definition) is 1. The van der Waals surface area contributed by atoms with E-state index in [1.807, 2.05) is 0 Å². The van der Waals surface area contributed by atoms with Gasteiger partial charge in [-0.25, -0.2) is 9.07 Å². The Kier molecular flexibility index (Phi) is 3.02. The third-order valence-electron chi connectivity index (χ3n) is 3.90. The minimum Gasteiger partial charge on any atom is -0.295 e. The second-order valence-electron chi connectivity index (χ2n) is 5.42. The molecule has 0 saturated carbocycles. The SMILES string of the molecule is CC(=O)c1ccc(-n2[nH]c3c(nnc4c(F)cccc43)c2=O)cc1. The standard InChI is InChI=1S/C17H11FN4O2/c1-9(23)10-5-7-11(8-6-10)22-17(24)16-15(21-22)12-3-2-4-13(18)14(12)19-20-16/h2-8,21H,1H3. The molecule has 2 aromatic heterocycles. The molecule has 0 radical (unpaired) electrons. The number of nitrogens with zero attached hydrogens (tertiary/aromatic N) is 3. The summed E-state index contributed by atoms with van der Waals surface area (Å²) in [6, 6.07) is 11.1. The van der Waals surface area contributed by atoms with E-state index in [-0.39, 0.29) is 22.4 Å². The monoisotopic (exact) mass is 322 g/mol. The molecule has 0 aliphatic carbocycles. The Morgan fingerprint density at radius 1 is 1.08 bits per heavy atom. The van der Waals surface area contributed by atoms with Crippen LogP contribution in [0, 0.1) is 5.82 Å². The topological polar surface area (TPSA) is 80.6 Å². The molecule has 118 valence electrons. The van der Waals surface area contributed by atoms with Gasteiger partial charge in [0.2, 0.25) is 0 Å². The van der Waals surface area contributed by atoms with Crippen LogP contribution in [0.1, 0.15) is 17.3 Å². The van der Waals surface area contributed by atoms with Crippen LogP contribution in [0.2, 0.25) is 0 Å². The Bertz CT molecular complexity index is 1160. The highest BCUT2D eigenvalue weighted by Crippen LogP contribution is 2.21. The zero-order valence-corrected chi connectivity index (χ0v) is 12.6. The number of aromatic nitrogens is 4. The molecular weight excluding hydrogens is 311 g/mol. The van der Waals surface area contributed by atoms with Crippen LogP contribution in [-0.2, 0) is 0 Å². The number of Topliss-reactive ketones (excluding diaryl/α,β-unsaturated/α-hetero) is 1. The van der Waals surface area contributed by atoms with E-state index in [1.165, 1.54) is 17.7 Å². The summed E-state index contributed by atoms with van der Waals surface area (Å²) in [6.45, 7) is 1.47. The van der Waals surface area contributed by atoms with Crippen LogP contribution in [0.4, 0.5) is 4.39 Å². The summed E-state index contributed by atoms with van der Waals surface area (Å²) in [5.74, 6) is -0.556. The van der Waals surface area contributed by atoms with Gasteiger partial charge < -0.3 is 0 Å². The summed E-state index contributed by atoms with van der Waals surface area (Å²) in [5, 5.41) is 11.1. The molecule has 4 aromatic rings. The van der Waals surface area contributed by atoms with E-state index >= 15 is 0 Å². The van der Waals surface area contributed by atoms with E-state index in [4.69, 9.17) is 0 Å². The predicted molar refractivity (Wildman–Crippen MR) is 87.0 cm³/mol. The van der Waals surface area contributed by atoms with E-state index in [0.29, 0.717) is 22.2 Å². The lowest BCUT2D eigenvalue weighted by Crippen LogP contribution is -2.15. The molecule has 0 saturated heterocycles. The number of halogens is 1. The second-order valence-corrected chi connectivity index (χ2v) is 5.42. The van der Waals surface area contributed by atoms with Gasteiger partial charge in [0.05, 0.1) is 11.2 Å². The average Bonchev–Trinajstić information content (AvgIpc) is 2.93. The minimum atomic E-state index is -0.499. The van der Waals surface area contributed by atoms with Gasteiger partial charge in [-0.2, -0.15) is 0 Å². The zero-order chi connectivity index (χ0) is 16.8. The Hall–Kier alpha value is -3.35. The Morgan fingerprint density at radius 2 is 1.79 bits per heavy atom. The Balaban J connectivity index is 1.98. The Labute approximate surface area is 134 Å². The molecule has 24 heavy (non-hydrogen) atoms. The number of H-pyrrole nitrogens is 1. The molecule has 2 heterocycles. The van der Waals surface area contributed by atoms with E-state index in [0.717, 1.165) is 0 Å². The third kappa shape index (κ3) is 2.02. The van der Waals surface area contributed by atoms with Crippen molar-refractivity contribution in [2.75, 3.05) is 0 Å². The molecule has 7 heteroatoms. The van der Waals surface area contributed by atoms with Gasteiger partial charge in [0.15, 0.2) is 17.1 Å². The summed E-state index contributed by atoms with van der Waals surface area (Å²) in [6.07, 6.45) is 0. The number of ketones is 1. The maximum atomic E-state index is 13.8. The highest BCUT2D eigenvalue weighted by atomic mass is 19.1. The highest BCUT2D eigenvalue weighted by molar-refractivity contribution is 6.01. The summed E-state index contributed by atoms with van der Waals surface area (Å²) < 4.78 is 15.1. The van der Waals surface area contributed by atoms with E-state index in [9.17, 15) is 14.0 Å². The molecular formula is C17H11FN4O2. The first-order chi connectivity index (χ1) is 11.6. The smallest absolute Gasteiger partial charge is 0.295 e. The van der Waals surface area contributed by atoms with Crippen LogP contribution in [0.25, 0.3) is 27.6 Å². The van der Waals surface area contributed by atoms with Crippen molar-refractivity contribution in [2.24, 2.45) is 0 Å². The molecule has 6 nitrogen and oxygen atoms in total. The molecule has 0 aliphatic heterocycles. The van der Waals surface area contributed by atoms with Crippen molar-refractivity contribution in [3.8, 4) is 5.69 Å². The molecule has 0 amide bonds. The number of carbonyl (C=O) groups is 1. The molecule has 0 atom stereocenters. The fourth-order valence-electron chi connectivity index (χ4n) is 2.65. The van der Waals surface area contributed by atoms with Crippen molar-refractivity contribution in [1.82, 2.24) is 20.0 Å². The van der Waals surface area contributed by atoms with Gasteiger partial charge in [-0.05, 0) is 37.3 Å². The minimum absolute atomic E-state index is 0.0575. The lowest BCUT2D eigenvalue weighted by Gasteiger charge is -2.02. The maximum Gasteiger partial charge on any atom is 0.299 e. The van der Waals surface area contributed by atoms with Gasteiger partial charge in [-0.3, -0.25) is 14.7 Å². The lowest BCUT2D eigenvalue weighted by atomic mass is 10.1. The van der Waals surface area contributed by atoms with Crippen molar-refractivity contribution >= 4 is 27.7 Å². The van der Waals surface area contributed by atoms with Gasteiger partial charge >= 0.3 is 0 Å². The molecule has 0 bridgehead atoms. The van der Waals surface area contributed by atoms with Crippen molar-refractivity contribution in [2.45, 2.75) is 6.92 Å². The molecule has 0 aliphatic rings. The first-order valence-corrected chi connectivity index (χ1v) is 7.23. The zero-order valence-electron chi connectivity index (χ0n) is 12.6. The first kappa shape index (κ1) is 14.3. The largest absolute Gasteiger partial charge is 0.299 e. The van der Waals surface area contributed by atoms with Gasteiger partial charge in [0, 0.05) is 10.9 Å². The third-order valence-corrected chi connectivity index (χ3v) is 3.90. The van der Waals surface area contributed by atoms with Crippen LogP contribution < -0.4 is 5.56 Å². The van der Waals surface area contributed by atoms with Gasteiger partial charge in [0.25, 0.3) is 5.56 Å². The summed E-state index contributed by atoms with van der Waals surface area (Å²) in [7, 11) is 0. The normalized spacial score (nSPS) is 11.2. The number of fused-ring (bicyclic) bond motifs is 3. The van der Waals surface area contributed by atoms with E-state index < -0.39 is 5.82 Å². The van der Waals surface area contributed by atoms with Gasteiger partial charge in [-0.1, -0.05) is 12.1 Å². The first-order valence-electron chi connectivity index (χ1n) is 7.23. The molecule has 2 aromatic carbocycles. The molecule has 4 rings (SSSR count). The number of rotatable bonds is 2. The van der Waals surface area contributed by atoms with Gasteiger partial charge in [-0.15, -0.1) is 10.2 Å². The molecule has 1 N–H and O–H groups in total. The fourth-order valence-corrected chi connectivity index (χ4v) is 2.65. The van der Waals surface area contributed by atoms with Gasteiger partial charge in [0.1, 0.15) is 5.52 Å². The lowest BCUT2D eigenvalue weighted by molar-refractivity contribution is 0.101. The number of hydrogen-bond acceptors (Lipinski definition) is 4. The highest BCUT2D eigenvalue weighted by Gasteiger charge is 2.15. The number of aromatic amines is 1. The van der Waals surface area contributed by atoms with Crippen LogP contribution in [-0.4, -0.2) is 25.8 Å². The van der Waals surface area contributed by atoms with Crippen molar-refractivity contribution in [3.05, 3.63) is 64.2 Å². The van der Waals surface area contributed by atoms with Crippen molar-refractivity contribution in [3.63, 3.8) is 0 Å². The van der Waals surface area contributed by atoms with Crippen molar-refractivity contribution < 1.29 is 9.18 Å². The van der Waals surface area contributed by atoms with Crippen LogP contribution in [0.3, 0.4) is 0 Å². The van der Waals surface area contributed by atoms with Crippen LogP contribution in [0.15, 0.2) is 47.3 Å².